The lowest BCUT2D eigenvalue weighted by atomic mass is 10.1. The molecule has 0 spiro atoms. The molecule has 1 aromatic heterocycles. The number of benzene rings is 1. The molecule has 0 aliphatic carbocycles. The highest BCUT2D eigenvalue weighted by Gasteiger charge is 2.24. The predicted octanol–water partition coefficient (Wildman–Crippen LogP) is 3.02. The number of hydrogen-bond acceptors (Lipinski definition) is 4. The molecule has 4 heteroatoms. The summed E-state index contributed by atoms with van der Waals surface area (Å²) >= 11 is 0. The molecule has 1 aliphatic heterocycles. The lowest BCUT2D eigenvalue weighted by Gasteiger charge is -2.25. The highest BCUT2D eigenvalue weighted by molar-refractivity contribution is 5.30. The van der Waals surface area contributed by atoms with Crippen LogP contribution in [0.25, 0.3) is 0 Å². The second-order valence-electron chi connectivity index (χ2n) is 5.19. The van der Waals surface area contributed by atoms with Crippen LogP contribution in [0.5, 0.6) is 5.88 Å². The van der Waals surface area contributed by atoms with E-state index in [2.05, 4.69) is 29.1 Å². The third-order valence-electron chi connectivity index (χ3n) is 3.63. The van der Waals surface area contributed by atoms with Crippen LogP contribution in [0.15, 0.2) is 34.9 Å². The Labute approximate surface area is 119 Å². The zero-order valence-electron chi connectivity index (χ0n) is 11.8. The van der Waals surface area contributed by atoms with E-state index in [0.29, 0.717) is 12.5 Å². The van der Waals surface area contributed by atoms with Crippen molar-refractivity contribution in [3.63, 3.8) is 0 Å². The molecule has 1 aromatic carbocycles. The second-order valence-corrected chi connectivity index (χ2v) is 5.19. The van der Waals surface area contributed by atoms with Crippen LogP contribution < -0.4 is 4.74 Å². The van der Waals surface area contributed by atoms with Gasteiger partial charge in [0.1, 0.15) is 12.4 Å². The van der Waals surface area contributed by atoms with E-state index < -0.39 is 0 Å². The fourth-order valence-corrected chi connectivity index (χ4v) is 2.59. The molecule has 0 fully saturated rings. The van der Waals surface area contributed by atoms with E-state index in [9.17, 15) is 0 Å². The van der Waals surface area contributed by atoms with Crippen molar-refractivity contribution in [2.75, 3.05) is 13.1 Å². The molecule has 0 saturated carbocycles. The number of nitrogens with zero attached hydrogens (tertiary/aromatic N) is 2. The summed E-state index contributed by atoms with van der Waals surface area (Å²) in [6.45, 7) is 5.79. The molecule has 1 aliphatic rings. The largest absolute Gasteiger partial charge is 0.470 e. The van der Waals surface area contributed by atoms with Crippen LogP contribution in [0, 0.1) is 0 Å². The van der Waals surface area contributed by atoms with E-state index in [0.717, 1.165) is 42.9 Å². The highest BCUT2D eigenvalue weighted by Crippen LogP contribution is 2.28. The van der Waals surface area contributed by atoms with Crippen LogP contribution in [0.2, 0.25) is 0 Å². The van der Waals surface area contributed by atoms with Crippen molar-refractivity contribution in [3.8, 4) is 5.88 Å². The predicted molar refractivity (Wildman–Crippen MR) is 76.5 cm³/mol. The van der Waals surface area contributed by atoms with Gasteiger partial charge in [-0.25, -0.2) is 0 Å². The van der Waals surface area contributed by atoms with Crippen molar-refractivity contribution in [1.29, 1.82) is 0 Å². The highest BCUT2D eigenvalue weighted by atomic mass is 16.5. The van der Waals surface area contributed by atoms with Crippen LogP contribution in [0.4, 0.5) is 0 Å². The van der Waals surface area contributed by atoms with Gasteiger partial charge in [-0.3, -0.25) is 4.90 Å². The third kappa shape index (κ3) is 2.85. The zero-order valence-corrected chi connectivity index (χ0v) is 11.8. The Morgan fingerprint density at radius 2 is 2.15 bits per heavy atom. The number of ether oxygens (including phenoxy) is 1. The van der Waals surface area contributed by atoms with Gasteiger partial charge in [0.2, 0.25) is 0 Å². The number of fused-ring (bicyclic) bond motifs is 1. The Morgan fingerprint density at radius 1 is 1.30 bits per heavy atom. The lowest BCUT2D eigenvalue weighted by Crippen LogP contribution is -2.30. The molecule has 0 N–H and O–H groups in total. The molecule has 20 heavy (non-hydrogen) atoms. The summed E-state index contributed by atoms with van der Waals surface area (Å²) < 4.78 is 11.2. The van der Waals surface area contributed by atoms with E-state index in [1.165, 1.54) is 6.42 Å². The maximum atomic E-state index is 5.83. The number of aromatic nitrogens is 1. The monoisotopic (exact) mass is 272 g/mol. The molecule has 2 heterocycles. The number of rotatable bonds is 5. The molecule has 0 unspecified atom stereocenters. The molecule has 0 radical (unpaired) electrons. The van der Waals surface area contributed by atoms with Gasteiger partial charge in [-0.15, -0.1) is 0 Å². The Morgan fingerprint density at radius 3 is 2.95 bits per heavy atom. The van der Waals surface area contributed by atoms with E-state index in [-0.39, 0.29) is 0 Å². The minimum absolute atomic E-state index is 0.535. The third-order valence-corrected chi connectivity index (χ3v) is 3.63. The SMILES string of the molecule is CCCN1CCc2onc(OCc3ccccc3)c2C1. The fourth-order valence-electron chi connectivity index (χ4n) is 2.59. The van der Waals surface area contributed by atoms with Gasteiger partial charge in [-0.1, -0.05) is 37.3 Å². The van der Waals surface area contributed by atoms with Crippen molar-refractivity contribution in [3.05, 3.63) is 47.2 Å². The summed E-state index contributed by atoms with van der Waals surface area (Å²) in [7, 11) is 0. The first-order valence-corrected chi connectivity index (χ1v) is 7.23. The Kier molecular flexibility index (Phi) is 4.02. The minimum atomic E-state index is 0.535. The Balaban J connectivity index is 1.68. The van der Waals surface area contributed by atoms with E-state index in [4.69, 9.17) is 9.26 Å². The van der Waals surface area contributed by atoms with Crippen molar-refractivity contribution in [2.24, 2.45) is 0 Å². The van der Waals surface area contributed by atoms with Gasteiger partial charge in [-0.05, 0) is 23.7 Å². The molecule has 3 rings (SSSR count). The molecule has 0 saturated heterocycles. The molecule has 0 atom stereocenters. The van der Waals surface area contributed by atoms with E-state index >= 15 is 0 Å². The van der Waals surface area contributed by atoms with Crippen LogP contribution in [-0.4, -0.2) is 23.1 Å². The van der Waals surface area contributed by atoms with Crippen LogP contribution in [0.3, 0.4) is 0 Å². The van der Waals surface area contributed by atoms with Gasteiger partial charge in [0, 0.05) is 19.5 Å². The zero-order chi connectivity index (χ0) is 13.8. The first kappa shape index (κ1) is 13.2. The minimum Gasteiger partial charge on any atom is -0.470 e. The average Bonchev–Trinajstić information content (AvgIpc) is 2.89. The summed E-state index contributed by atoms with van der Waals surface area (Å²) in [5, 5.41) is 4.08. The summed E-state index contributed by atoms with van der Waals surface area (Å²) in [5.74, 6) is 1.64. The standard InChI is InChI=1S/C16H20N2O2/c1-2-9-18-10-8-15-14(11-18)16(17-20-15)19-12-13-6-4-3-5-7-13/h3-7H,2,8-12H2,1H3. The average molecular weight is 272 g/mol. The van der Waals surface area contributed by atoms with E-state index in [1.807, 2.05) is 18.2 Å². The second kappa shape index (κ2) is 6.09. The molecule has 0 amide bonds. The summed E-state index contributed by atoms with van der Waals surface area (Å²) in [4.78, 5) is 2.43. The lowest BCUT2D eigenvalue weighted by molar-refractivity contribution is 0.235. The topological polar surface area (TPSA) is 38.5 Å². The first-order valence-electron chi connectivity index (χ1n) is 7.23. The van der Waals surface area contributed by atoms with Crippen LogP contribution in [-0.2, 0) is 19.6 Å². The normalized spacial score (nSPS) is 15.1. The van der Waals surface area contributed by atoms with Gasteiger partial charge in [0.15, 0.2) is 0 Å². The molecular weight excluding hydrogens is 252 g/mol. The van der Waals surface area contributed by atoms with Gasteiger partial charge in [-0.2, -0.15) is 0 Å². The van der Waals surface area contributed by atoms with Crippen molar-refractivity contribution in [1.82, 2.24) is 10.1 Å². The molecular formula is C16H20N2O2. The molecule has 2 aromatic rings. The van der Waals surface area contributed by atoms with Crippen molar-refractivity contribution < 1.29 is 9.26 Å². The maximum absolute atomic E-state index is 5.83. The van der Waals surface area contributed by atoms with Gasteiger partial charge in [0.25, 0.3) is 5.88 Å². The summed E-state index contributed by atoms with van der Waals surface area (Å²) in [6, 6.07) is 10.1. The van der Waals surface area contributed by atoms with Crippen LogP contribution in [0.1, 0.15) is 30.2 Å². The quantitative estimate of drug-likeness (QED) is 0.838. The van der Waals surface area contributed by atoms with Gasteiger partial charge in [0.05, 0.1) is 5.56 Å². The summed E-state index contributed by atoms with van der Waals surface area (Å²) in [6.07, 6.45) is 2.10. The number of hydrogen-bond donors (Lipinski definition) is 0. The van der Waals surface area contributed by atoms with Crippen molar-refractivity contribution >= 4 is 0 Å². The summed E-state index contributed by atoms with van der Waals surface area (Å²) in [5.41, 5.74) is 2.27. The van der Waals surface area contributed by atoms with Gasteiger partial charge < -0.3 is 9.26 Å². The van der Waals surface area contributed by atoms with Crippen molar-refractivity contribution in [2.45, 2.75) is 32.9 Å². The van der Waals surface area contributed by atoms with Crippen LogP contribution >= 0.6 is 0 Å². The molecule has 4 nitrogen and oxygen atoms in total. The Bertz CT molecular complexity index is 551. The molecule has 106 valence electrons. The fraction of sp³-hybridized carbons (Fsp3) is 0.438. The maximum Gasteiger partial charge on any atom is 0.259 e. The van der Waals surface area contributed by atoms with E-state index in [1.54, 1.807) is 0 Å². The smallest absolute Gasteiger partial charge is 0.259 e. The van der Waals surface area contributed by atoms with Gasteiger partial charge >= 0.3 is 0 Å². The Hall–Kier alpha value is -1.81. The first-order chi connectivity index (χ1) is 9.86. The molecule has 0 bridgehead atoms.